The molecule has 0 rings (SSSR count). The van der Waals surface area contributed by atoms with E-state index < -0.39 is 12.1 Å². The number of carbonyl (C=O) groups excluding carboxylic acids is 1. The lowest BCUT2D eigenvalue weighted by atomic mass is 10.2. The molecule has 1 N–H and O–H groups in total. The highest BCUT2D eigenvalue weighted by Crippen LogP contribution is 1.97. The Balaban J connectivity index is 3.83. The van der Waals surface area contributed by atoms with Crippen LogP contribution in [0.5, 0.6) is 0 Å². The van der Waals surface area contributed by atoms with E-state index in [4.69, 9.17) is 5.11 Å². The van der Waals surface area contributed by atoms with E-state index in [0.717, 1.165) is 0 Å². The summed E-state index contributed by atoms with van der Waals surface area (Å²) < 4.78 is 4.50. The molecule has 0 aromatic carbocycles. The molecule has 4 nitrogen and oxygen atoms in total. The third kappa shape index (κ3) is 3.19. The highest BCUT2D eigenvalue weighted by Gasteiger charge is 2.17. The maximum absolute atomic E-state index is 10.4. The van der Waals surface area contributed by atoms with E-state index in [1.165, 1.54) is 14.0 Å². The summed E-state index contributed by atoms with van der Waals surface area (Å²) in [4.78, 5) is 20.6. The fourth-order valence-corrected chi connectivity index (χ4v) is 0.533. The minimum Gasteiger partial charge on any atom is -0.479 e. The van der Waals surface area contributed by atoms with Crippen LogP contribution in [0.25, 0.3) is 0 Å². The first-order valence-electron chi connectivity index (χ1n) is 2.83. The fourth-order valence-electron chi connectivity index (χ4n) is 0.533. The predicted molar refractivity (Wildman–Crippen MR) is 33.7 cm³/mol. The second-order valence-corrected chi connectivity index (χ2v) is 1.97. The Labute approximate surface area is 58.8 Å². The van der Waals surface area contributed by atoms with Crippen LogP contribution >= 0.6 is 0 Å². The van der Waals surface area contributed by atoms with E-state index in [1.54, 1.807) is 0 Å². The number of ketones is 1. The summed E-state index contributed by atoms with van der Waals surface area (Å²) in [6, 6.07) is 0. The summed E-state index contributed by atoms with van der Waals surface area (Å²) in [5.41, 5.74) is 0. The summed E-state index contributed by atoms with van der Waals surface area (Å²) in [7, 11) is 1.27. The zero-order chi connectivity index (χ0) is 8.15. The Kier molecular flexibility index (Phi) is 3.64. The van der Waals surface area contributed by atoms with Crippen LogP contribution in [0, 0.1) is 0 Å². The lowest BCUT2D eigenvalue weighted by Gasteiger charge is -2.06. The van der Waals surface area contributed by atoms with Gasteiger partial charge < -0.3 is 9.84 Å². The van der Waals surface area contributed by atoms with Crippen LogP contribution in [0.1, 0.15) is 13.3 Å². The molecule has 4 heteroatoms. The standard InChI is InChI=1S/C6H10O4/c1-4(7)3-5(10-2)6(8)9/h5H,3H2,1-2H3,(H,8,9). The molecule has 0 amide bonds. The lowest BCUT2D eigenvalue weighted by Crippen LogP contribution is -2.24. The van der Waals surface area contributed by atoms with Gasteiger partial charge in [0.15, 0.2) is 6.10 Å². The highest BCUT2D eigenvalue weighted by molar-refractivity contribution is 5.83. The molecule has 0 aromatic rings. The van der Waals surface area contributed by atoms with Crippen molar-refractivity contribution >= 4 is 11.8 Å². The van der Waals surface area contributed by atoms with E-state index in [0.29, 0.717) is 0 Å². The minimum atomic E-state index is -1.10. The molecule has 0 aliphatic rings. The summed E-state index contributed by atoms with van der Waals surface area (Å²) in [6.45, 7) is 1.33. The second kappa shape index (κ2) is 4.00. The Morgan fingerprint density at radius 1 is 1.60 bits per heavy atom. The van der Waals surface area contributed by atoms with Gasteiger partial charge in [0.25, 0.3) is 0 Å². The van der Waals surface area contributed by atoms with Gasteiger partial charge in [-0.15, -0.1) is 0 Å². The molecule has 0 spiro atoms. The molecule has 0 aliphatic heterocycles. The highest BCUT2D eigenvalue weighted by atomic mass is 16.5. The number of hydrogen-bond acceptors (Lipinski definition) is 3. The zero-order valence-electron chi connectivity index (χ0n) is 5.96. The van der Waals surface area contributed by atoms with Crippen molar-refractivity contribution in [1.82, 2.24) is 0 Å². The van der Waals surface area contributed by atoms with Crippen molar-refractivity contribution in [1.29, 1.82) is 0 Å². The number of carbonyl (C=O) groups is 2. The van der Waals surface area contributed by atoms with Crippen LogP contribution in [0.2, 0.25) is 0 Å². The molecular weight excluding hydrogens is 136 g/mol. The Morgan fingerprint density at radius 2 is 2.10 bits per heavy atom. The Bertz CT molecular complexity index is 141. The number of rotatable bonds is 4. The SMILES string of the molecule is COC(CC(C)=O)C(=O)O. The van der Waals surface area contributed by atoms with Crippen LogP contribution in [-0.4, -0.2) is 30.1 Å². The van der Waals surface area contributed by atoms with E-state index in [1.807, 2.05) is 0 Å². The van der Waals surface area contributed by atoms with E-state index in [-0.39, 0.29) is 12.2 Å². The molecule has 58 valence electrons. The number of carboxylic acids is 1. The van der Waals surface area contributed by atoms with Gasteiger partial charge in [-0.3, -0.25) is 4.79 Å². The average Bonchev–Trinajstić information content (AvgIpc) is 1.81. The van der Waals surface area contributed by atoms with Crippen LogP contribution < -0.4 is 0 Å². The number of methoxy groups -OCH3 is 1. The summed E-state index contributed by atoms with van der Waals surface area (Å²) >= 11 is 0. The van der Waals surface area contributed by atoms with Crippen molar-refractivity contribution in [3.8, 4) is 0 Å². The normalized spacial score (nSPS) is 12.6. The van der Waals surface area contributed by atoms with Gasteiger partial charge in [-0.1, -0.05) is 0 Å². The van der Waals surface area contributed by atoms with E-state index >= 15 is 0 Å². The molecule has 0 radical (unpaired) electrons. The smallest absolute Gasteiger partial charge is 0.333 e. The monoisotopic (exact) mass is 146 g/mol. The summed E-state index contributed by atoms with van der Waals surface area (Å²) in [5, 5.41) is 8.34. The van der Waals surface area contributed by atoms with Crippen molar-refractivity contribution in [3.63, 3.8) is 0 Å². The molecule has 0 heterocycles. The maximum atomic E-state index is 10.4. The van der Waals surface area contributed by atoms with Crippen molar-refractivity contribution < 1.29 is 19.4 Å². The largest absolute Gasteiger partial charge is 0.479 e. The van der Waals surface area contributed by atoms with Crippen LogP contribution in [0.4, 0.5) is 0 Å². The molecule has 1 atom stereocenters. The van der Waals surface area contributed by atoms with Crippen molar-refractivity contribution in [3.05, 3.63) is 0 Å². The number of aliphatic carboxylic acids is 1. The molecule has 0 fully saturated rings. The first kappa shape index (κ1) is 9.10. The Morgan fingerprint density at radius 3 is 2.20 bits per heavy atom. The van der Waals surface area contributed by atoms with Crippen LogP contribution in [-0.2, 0) is 14.3 Å². The number of hydrogen-bond donors (Lipinski definition) is 1. The van der Waals surface area contributed by atoms with Gasteiger partial charge in [-0.2, -0.15) is 0 Å². The number of carboxylic acid groups (broad SMARTS) is 1. The van der Waals surface area contributed by atoms with Gasteiger partial charge in [-0.25, -0.2) is 4.79 Å². The summed E-state index contributed by atoms with van der Waals surface area (Å²) in [5.74, 6) is -1.29. The molecular formula is C6H10O4. The summed E-state index contributed by atoms with van der Waals surface area (Å²) in [6.07, 6.45) is -1.05. The first-order chi connectivity index (χ1) is 4.57. The van der Waals surface area contributed by atoms with Gasteiger partial charge in [0.2, 0.25) is 0 Å². The molecule has 0 aliphatic carbocycles. The van der Waals surface area contributed by atoms with Gasteiger partial charge in [0.1, 0.15) is 5.78 Å². The van der Waals surface area contributed by atoms with E-state index in [2.05, 4.69) is 4.74 Å². The fraction of sp³-hybridized carbons (Fsp3) is 0.667. The Hall–Kier alpha value is -0.900. The second-order valence-electron chi connectivity index (χ2n) is 1.97. The molecule has 10 heavy (non-hydrogen) atoms. The van der Waals surface area contributed by atoms with Gasteiger partial charge in [0, 0.05) is 13.5 Å². The predicted octanol–water partition coefficient (Wildman–Crippen LogP) is 0.0651. The maximum Gasteiger partial charge on any atom is 0.333 e. The average molecular weight is 146 g/mol. The quantitative estimate of drug-likeness (QED) is 0.609. The minimum absolute atomic E-state index is 0.0637. The van der Waals surface area contributed by atoms with Crippen LogP contribution in [0.3, 0.4) is 0 Å². The molecule has 0 saturated heterocycles. The van der Waals surface area contributed by atoms with Gasteiger partial charge in [-0.05, 0) is 6.92 Å². The topological polar surface area (TPSA) is 63.6 Å². The molecule has 0 saturated carbocycles. The van der Waals surface area contributed by atoms with Crippen molar-refractivity contribution in [2.45, 2.75) is 19.4 Å². The van der Waals surface area contributed by atoms with Crippen molar-refractivity contribution in [2.24, 2.45) is 0 Å². The number of ether oxygens (including phenoxy) is 1. The third-order valence-electron chi connectivity index (χ3n) is 1.03. The van der Waals surface area contributed by atoms with E-state index in [9.17, 15) is 9.59 Å². The van der Waals surface area contributed by atoms with Crippen molar-refractivity contribution in [2.75, 3.05) is 7.11 Å². The first-order valence-corrected chi connectivity index (χ1v) is 2.83. The third-order valence-corrected chi connectivity index (χ3v) is 1.03. The molecule has 1 unspecified atom stereocenters. The van der Waals surface area contributed by atoms with Crippen LogP contribution in [0.15, 0.2) is 0 Å². The molecule has 0 bridgehead atoms. The van der Waals surface area contributed by atoms with Gasteiger partial charge >= 0.3 is 5.97 Å². The van der Waals surface area contributed by atoms with Gasteiger partial charge in [0.05, 0.1) is 0 Å². The molecule has 0 aromatic heterocycles. The lowest BCUT2D eigenvalue weighted by molar-refractivity contribution is -0.150. The zero-order valence-corrected chi connectivity index (χ0v) is 5.96. The number of Topliss-reactive ketones (excluding diaryl/α,β-unsaturated/α-hetero) is 1.